The molecule has 2 rings (SSSR count). The Bertz CT molecular complexity index is 529. The molecule has 0 aromatic heterocycles. The molecule has 0 saturated carbocycles. The summed E-state index contributed by atoms with van der Waals surface area (Å²) in [6.45, 7) is 0. The second kappa shape index (κ2) is 3.62. The minimum absolute atomic E-state index is 0.121. The van der Waals surface area contributed by atoms with Crippen LogP contribution in [0.5, 0.6) is 0 Å². The summed E-state index contributed by atoms with van der Waals surface area (Å²) in [6, 6.07) is 8.60. The molecule has 0 bridgehead atoms. The molecule has 0 radical (unpaired) electrons. The number of primary amides is 1. The average molecular weight is 216 g/mol. The van der Waals surface area contributed by atoms with Gasteiger partial charge in [0.25, 0.3) is 5.91 Å². The van der Waals surface area contributed by atoms with Crippen molar-refractivity contribution in [2.24, 2.45) is 10.7 Å². The molecule has 1 aromatic carbocycles. The number of hydrogen-bond acceptors (Lipinski definition) is 3. The van der Waals surface area contributed by atoms with Crippen LogP contribution < -0.4 is 5.73 Å². The maximum Gasteiger partial charge on any atom is 0.313 e. The molecule has 5 nitrogen and oxygen atoms in total. The number of aliphatic hydroxyl groups excluding tert-OH is 1. The van der Waals surface area contributed by atoms with Gasteiger partial charge < -0.3 is 10.8 Å². The number of benzene rings is 1. The Kier molecular flexibility index (Phi) is 2.28. The zero-order valence-electron chi connectivity index (χ0n) is 8.18. The van der Waals surface area contributed by atoms with Crippen molar-refractivity contribution in [2.45, 2.75) is 0 Å². The fourth-order valence-electron chi connectivity index (χ4n) is 1.47. The van der Waals surface area contributed by atoms with E-state index in [-0.39, 0.29) is 11.3 Å². The van der Waals surface area contributed by atoms with E-state index in [1.165, 1.54) is 0 Å². The standard InChI is InChI=1S/C11H8N2O3/c12-10(15)7-8(13-11(16)9(7)14)6-4-2-1-3-5-6/h1-5H,(H2,12,15)(H,13,14,16). The minimum Gasteiger partial charge on any atom is -0.502 e. The topological polar surface area (TPSA) is 92.8 Å². The van der Waals surface area contributed by atoms with Gasteiger partial charge in [0.15, 0.2) is 5.76 Å². The highest BCUT2D eigenvalue weighted by molar-refractivity contribution is 6.36. The summed E-state index contributed by atoms with van der Waals surface area (Å²) in [6.07, 6.45) is 0. The van der Waals surface area contributed by atoms with Gasteiger partial charge in [0.2, 0.25) is 0 Å². The third kappa shape index (κ3) is 1.48. The van der Waals surface area contributed by atoms with Crippen molar-refractivity contribution in [3.05, 3.63) is 47.2 Å². The van der Waals surface area contributed by atoms with Crippen molar-refractivity contribution in [3.63, 3.8) is 0 Å². The predicted molar refractivity (Wildman–Crippen MR) is 56.8 cm³/mol. The quantitative estimate of drug-likeness (QED) is 0.745. The van der Waals surface area contributed by atoms with Crippen LogP contribution in [0.1, 0.15) is 5.56 Å². The van der Waals surface area contributed by atoms with Crippen molar-refractivity contribution in [1.82, 2.24) is 0 Å². The number of rotatable bonds is 2. The van der Waals surface area contributed by atoms with Crippen molar-refractivity contribution in [1.29, 1.82) is 0 Å². The normalized spacial score (nSPS) is 15.2. The van der Waals surface area contributed by atoms with Crippen LogP contribution in [0.2, 0.25) is 0 Å². The molecule has 80 valence electrons. The Morgan fingerprint density at radius 2 is 1.88 bits per heavy atom. The number of nitrogens with zero attached hydrogens (tertiary/aromatic N) is 1. The van der Waals surface area contributed by atoms with Gasteiger partial charge >= 0.3 is 5.91 Å². The monoisotopic (exact) mass is 216 g/mol. The van der Waals surface area contributed by atoms with Gasteiger partial charge in [-0.3, -0.25) is 9.59 Å². The number of nitrogens with two attached hydrogens (primary N) is 1. The van der Waals surface area contributed by atoms with E-state index in [9.17, 15) is 14.7 Å². The average Bonchev–Trinajstić information content (AvgIpc) is 2.57. The lowest BCUT2D eigenvalue weighted by molar-refractivity contribution is -0.118. The largest absolute Gasteiger partial charge is 0.502 e. The van der Waals surface area contributed by atoms with Gasteiger partial charge in [-0.15, -0.1) is 0 Å². The number of hydrogen-bond donors (Lipinski definition) is 2. The van der Waals surface area contributed by atoms with Gasteiger partial charge in [-0.25, -0.2) is 4.99 Å². The van der Waals surface area contributed by atoms with Crippen LogP contribution in [-0.2, 0) is 9.59 Å². The van der Waals surface area contributed by atoms with E-state index >= 15 is 0 Å². The smallest absolute Gasteiger partial charge is 0.313 e. The Morgan fingerprint density at radius 1 is 1.25 bits per heavy atom. The summed E-state index contributed by atoms with van der Waals surface area (Å²) in [4.78, 5) is 25.9. The van der Waals surface area contributed by atoms with Crippen molar-refractivity contribution < 1.29 is 14.7 Å². The van der Waals surface area contributed by atoms with E-state index < -0.39 is 17.6 Å². The first-order chi connectivity index (χ1) is 7.61. The lowest BCUT2D eigenvalue weighted by atomic mass is 10.0. The first kappa shape index (κ1) is 10.1. The summed E-state index contributed by atoms with van der Waals surface area (Å²) in [5.41, 5.74) is 5.55. The molecule has 1 heterocycles. The molecule has 0 aliphatic carbocycles. The number of amides is 2. The van der Waals surface area contributed by atoms with Gasteiger partial charge in [0, 0.05) is 5.56 Å². The summed E-state index contributed by atoms with van der Waals surface area (Å²) in [5.74, 6) is -2.40. The van der Waals surface area contributed by atoms with Crippen molar-refractivity contribution in [3.8, 4) is 0 Å². The zero-order chi connectivity index (χ0) is 11.7. The van der Waals surface area contributed by atoms with Crippen LogP contribution in [0.4, 0.5) is 0 Å². The van der Waals surface area contributed by atoms with E-state index in [4.69, 9.17) is 5.73 Å². The number of carbonyl (C=O) groups excluding carboxylic acids is 2. The number of aliphatic imine (C=N–C) groups is 1. The summed E-state index contributed by atoms with van der Waals surface area (Å²) in [7, 11) is 0. The first-order valence-electron chi connectivity index (χ1n) is 4.53. The van der Waals surface area contributed by atoms with Crippen LogP contribution in [0, 0.1) is 0 Å². The molecule has 0 atom stereocenters. The Labute approximate surface area is 90.9 Å². The third-order valence-electron chi connectivity index (χ3n) is 2.18. The van der Waals surface area contributed by atoms with Gasteiger partial charge in [0.1, 0.15) is 5.57 Å². The molecule has 0 saturated heterocycles. The molecule has 2 amide bonds. The Hall–Kier alpha value is -2.43. The van der Waals surface area contributed by atoms with Crippen molar-refractivity contribution >= 4 is 17.5 Å². The SMILES string of the molecule is NC(=O)C1=C(O)C(=O)N=C1c1ccccc1. The lowest BCUT2D eigenvalue weighted by Gasteiger charge is -2.02. The van der Waals surface area contributed by atoms with E-state index in [2.05, 4.69) is 4.99 Å². The second-order valence-corrected chi connectivity index (χ2v) is 3.22. The molecule has 1 aromatic rings. The van der Waals surface area contributed by atoms with Crippen LogP contribution in [0.25, 0.3) is 0 Å². The Morgan fingerprint density at radius 3 is 2.44 bits per heavy atom. The Balaban J connectivity index is 2.56. The lowest BCUT2D eigenvalue weighted by Crippen LogP contribution is -2.21. The maximum atomic E-state index is 11.2. The highest BCUT2D eigenvalue weighted by atomic mass is 16.3. The molecule has 0 unspecified atom stereocenters. The fourth-order valence-corrected chi connectivity index (χ4v) is 1.47. The van der Waals surface area contributed by atoms with Crippen LogP contribution >= 0.6 is 0 Å². The van der Waals surface area contributed by atoms with E-state index in [1.54, 1.807) is 30.3 Å². The highest BCUT2D eigenvalue weighted by Gasteiger charge is 2.30. The molecule has 0 fully saturated rings. The predicted octanol–water partition coefficient (Wildman–Crippen LogP) is 0.313. The van der Waals surface area contributed by atoms with Crippen LogP contribution in [0.3, 0.4) is 0 Å². The highest BCUT2D eigenvalue weighted by Crippen LogP contribution is 2.19. The van der Waals surface area contributed by atoms with E-state index in [0.29, 0.717) is 5.56 Å². The zero-order valence-corrected chi connectivity index (χ0v) is 8.18. The van der Waals surface area contributed by atoms with E-state index in [1.807, 2.05) is 0 Å². The molecule has 3 N–H and O–H groups in total. The summed E-state index contributed by atoms with van der Waals surface area (Å²) in [5, 5.41) is 9.37. The molecule has 5 heteroatoms. The molecular formula is C11H8N2O3. The molecular weight excluding hydrogens is 208 g/mol. The molecule has 0 spiro atoms. The molecule has 1 aliphatic rings. The first-order valence-corrected chi connectivity index (χ1v) is 4.53. The molecule has 16 heavy (non-hydrogen) atoms. The van der Waals surface area contributed by atoms with Gasteiger partial charge in [-0.05, 0) is 0 Å². The summed E-state index contributed by atoms with van der Waals surface area (Å²) >= 11 is 0. The maximum absolute atomic E-state index is 11.2. The van der Waals surface area contributed by atoms with Gasteiger partial charge in [-0.2, -0.15) is 0 Å². The third-order valence-corrected chi connectivity index (χ3v) is 2.18. The van der Waals surface area contributed by atoms with Gasteiger partial charge in [-0.1, -0.05) is 30.3 Å². The van der Waals surface area contributed by atoms with E-state index in [0.717, 1.165) is 0 Å². The summed E-state index contributed by atoms with van der Waals surface area (Å²) < 4.78 is 0. The fraction of sp³-hybridized carbons (Fsp3) is 0. The molecule has 1 aliphatic heterocycles. The van der Waals surface area contributed by atoms with Crippen LogP contribution in [-0.4, -0.2) is 22.6 Å². The second-order valence-electron chi connectivity index (χ2n) is 3.22. The minimum atomic E-state index is -0.869. The van der Waals surface area contributed by atoms with Crippen molar-refractivity contribution in [2.75, 3.05) is 0 Å². The van der Waals surface area contributed by atoms with Crippen LogP contribution in [0.15, 0.2) is 46.7 Å². The van der Waals surface area contributed by atoms with Gasteiger partial charge in [0.05, 0.1) is 5.71 Å². The number of aliphatic hydroxyl groups is 1. The number of carbonyl (C=O) groups is 2.